The first-order valence-electron chi connectivity index (χ1n) is 8.39. The molecule has 0 amide bonds. The zero-order valence-electron chi connectivity index (χ0n) is 14.8. The highest BCUT2D eigenvalue weighted by Crippen LogP contribution is 2.29. The predicted molar refractivity (Wildman–Crippen MR) is 106 cm³/mol. The summed E-state index contributed by atoms with van der Waals surface area (Å²) in [4.78, 5) is 21.6. The number of thiazole rings is 1. The maximum absolute atomic E-state index is 12.5. The second-order valence-corrected chi connectivity index (χ2v) is 7.27. The fraction of sp³-hybridized carbons (Fsp3) is 0.100. The number of hydrogen-bond donors (Lipinski definition) is 0. The van der Waals surface area contributed by atoms with E-state index in [-0.39, 0.29) is 12.5 Å². The summed E-state index contributed by atoms with van der Waals surface area (Å²) in [6.45, 7) is 1.65. The molecule has 6 nitrogen and oxygen atoms in total. The van der Waals surface area contributed by atoms with Crippen molar-refractivity contribution in [1.29, 1.82) is 0 Å². The van der Waals surface area contributed by atoms with Crippen molar-refractivity contribution in [2.24, 2.45) is 0 Å². The molecule has 0 aliphatic carbocycles. The molecule has 0 unspecified atom stereocenters. The Morgan fingerprint density at radius 3 is 2.64 bits per heavy atom. The molecule has 0 aliphatic rings. The lowest BCUT2D eigenvalue weighted by Crippen LogP contribution is -2.05. The molecular formula is C20H14ClN3O3S. The normalized spacial score (nSPS) is 10.8. The van der Waals surface area contributed by atoms with E-state index in [4.69, 9.17) is 20.9 Å². The molecule has 4 aromatic rings. The Bertz CT molecular complexity index is 1120. The van der Waals surface area contributed by atoms with E-state index in [9.17, 15) is 4.79 Å². The highest BCUT2D eigenvalue weighted by Gasteiger charge is 2.19. The number of ether oxygens (including phenoxy) is 1. The van der Waals surface area contributed by atoms with E-state index in [0.29, 0.717) is 27.0 Å². The molecule has 0 N–H and O–H groups in total. The van der Waals surface area contributed by atoms with Gasteiger partial charge in [-0.3, -0.25) is 0 Å². The average molecular weight is 412 g/mol. The van der Waals surface area contributed by atoms with Gasteiger partial charge in [-0.1, -0.05) is 59.2 Å². The van der Waals surface area contributed by atoms with Crippen molar-refractivity contribution in [1.82, 2.24) is 15.1 Å². The molecule has 0 fully saturated rings. The Hall–Kier alpha value is -3.03. The lowest BCUT2D eigenvalue weighted by Gasteiger charge is -1.99. The SMILES string of the molecule is Cc1nc(-c2ccccc2)sc1C(=O)OCc1nc(-c2ccccc2Cl)no1. The van der Waals surface area contributed by atoms with E-state index in [2.05, 4.69) is 15.1 Å². The third-order valence-electron chi connectivity index (χ3n) is 3.91. The number of nitrogens with zero attached hydrogens (tertiary/aromatic N) is 3. The molecule has 2 heterocycles. The molecule has 0 aliphatic heterocycles. The van der Waals surface area contributed by atoms with Crippen molar-refractivity contribution in [2.45, 2.75) is 13.5 Å². The van der Waals surface area contributed by atoms with Crippen molar-refractivity contribution in [2.75, 3.05) is 0 Å². The second kappa shape index (κ2) is 7.92. The van der Waals surface area contributed by atoms with Crippen LogP contribution in [-0.4, -0.2) is 21.1 Å². The van der Waals surface area contributed by atoms with Gasteiger partial charge in [-0.25, -0.2) is 9.78 Å². The Morgan fingerprint density at radius 2 is 1.86 bits per heavy atom. The number of carbonyl (C=O) groups excluding carboxylic acids is 1. The van der Waals surface area contributed by atoms with Gasteiger partial charge >= 0.3 is 5.97 Å². The van der Waals surface area contributed by atoms with Crippen LogP contribution >= 0.6 is 22.9 Å². The number of aryl methyl sites for hydroxylation is 1. The summed E-state index contributed by atoms with van der Waals surface area (Å²) in [6, 6.07) is 16.8. The number of aromatic nitrogens is 3. The zero-order chi connectivity index (χ0) is 19.5. The van der Waals surface area contributed by atoms with Crippen LogP contribution in [0.25, 0.3) is 22.0 Å². The Kier molecular flexibility index (Phi) is 5.18. The van der Waals surface area contributed by atoms with Gasteiger partial charge in [0.05, 0.1) is 10.7 Å². The number of benzene rings is 2. The summed E-state index contributed by atoms with van der Waals surface area (Å²) in [5, 5.41) is 5.17. The first-order valence-corrected chi connectivity index (χ1v) is 9.58. The first-order chi connectivity index (χ1) is 13.6. The Morgan fingerprint density at radius 1 is 1.11 bits per heavy atom. The van der Waals surface area contributed by atoms with Gasteiger partial charge in [0.2, 0.25) is 5.82 Å². The fourth-order valence-corrected chi connectivity index (χ4v) is 3.73. The minimum absolute atomic E-state index is 0.131. The largest absolute Gasteiger partial charge is 0.451 e. The fourth-order valence-electron chi connectivity index (χ4n) is 2.55. The van der Waals surface area contributed by atoms with Gasteiger partial charge in [0, 0.05) is 11.1 Å². The van der Waals surface area contributed by atoms with Gasteiger partial charge < -0.3 is 9.26 Å². The van der Waals surface area contributed by atoms with Crippen molar-refractivity contribution in [3.05, 3.63) is 76.1 Å². The van der Waals surface area contributed by atoms with E-state index in [1.807, 2.05) is 42.5 Å². The van der Waals surface area contributed by atoms with Gasteiger partial charge in [0.1, 0.15) is 9.88 Å². The van der Waals surface area contributed by atoms with E-state index in [1.54, 1.807) is 19.1 Å². The van der Waals surface area contributed by atoms with Gasteiger partial charge in [-0.15, -0.1) is 11.3 Å². The average Bonchev–Trinajstić information content (AvgIpc) is 3.34. The first kappa shape index (κ1) is 18.3. The van der Waals surface area contributed by atoms with Crippen LogP contribution in [0.3, 0.4) is 0 Å². The minimum Gasteiger partial charge on any atom is -0.451 e. The molecule has 0 atom stereocenters. The van der Waals surface area contributed by atoms with Crippen LogP contribution in [0, 0.1) is 6.92 Å². The molecule has 0 spiro atoms. The highest BCUT2D eigenvalue weighted by molar-refractivity contribution is 7.17. The van der Waals surface area contributed by atoms with E-state index in [0.717, 1.165) is 10.6 Å². The maximum Gasteiger partial charge on any atom is 0.350 e. The maximum atomic E-state index is 12.5. The number of hydrogen-bond acceptors (Lipinski definition) is 7. The zero-order valence-corrected chi connectivity index (χ0v) is 16.3. The van der Waals surface area contributed by atoms with E-state index < -0.39 is 5.97 Å². The third-order valence-corrected chi connectivity index (χ3v) is 5.43. The Balaban J connectivity index is 1.46. The van der Waals surface area contributed by atoms with Gasteiger partial charge in [0.25, 0.3) is 5.89 Å². The summed E-state index contributed by atoms with van der Waals surface area (Å²) in [6.07, 6.45) is 0. The standard InChI is InChI=1S/C20H14ClN3O3S/c1-12-17(28-19(22-12)13-7-3-2-4-8-13)20(25)26-11-16-23-18(24-27-16)14-9-5-6-10-15(14)21/h2-10H,11H2,1H3. The summed E-state index contributed by atoms with van der Waals surface area (Å²) < 4.78 is 10.5. The van der Waals surface area contributed by atoms with Gasteiger partial charge in [-0.2, -0.15) is 4.98 Å². The molecule has 0 saturated carbocycles. The van der Waals surface area contributed by atoms with Crippen LogP contribution in [-0.2, 0) is 11.3 Å². The smallest absolute Gasteiger partial charge is 0.350 e. The number of halogens is 1. The number of esters is 1. The topological polar surface area (TPSA) is 78.1 Å². The molecule has 8 heteroatoms. The van der Waals surface area contributed by atoms with Gasteiger partial charge in [0.15, 0.2) is 6.61 Å². The molecule has 2 aromatic heterocycles. The van der Waals surface area contributed by atoms with Crippen molar-refractivity contribution in [3.63, 3.8) is 0 Å². The summed E-state index contributed by atoms with van der Waals surface area (Å²) >= 11 is 7.42. The monoisotopic (exact) mass is 411 g/mol. The van der Waals surface area contributed by atoms with Crippen LogP contribution in [0.1, 0.15) is 21.3 Å². The van der Waals surface area contributed by atoms with E-state index >= 15 is 0 Å². The quantitative estimate of drug-likeness (QED) is 0.421. The summed E-state index contributed by atoms with van der Waals surface area (Å²) in [5.41, 5.74) is 2.23. The predicted octanol–water partition coefficient (Wildman–Crippen LogP) is 5.18. The summed E-state index contributed by atoms with van der Waals surface area (Å²) in [7, 11) is 0. The molecule has 0 bridgehead atoms. The second-order valence-electron chi connectivity index (χ2n) is 5.87. The minimum atomic E-state index is -0.477. The lowest BCUT2D eigenvalue weighted by atomic mass is 10.2. The number of carbonyl (C=O) groups is 1. The summed E-state index contributed by atoms with van der Waals surface area (Å²) in [5.74, 6) is 0.0559. The molecule has 0 radical (unpaired) electrons. The Labute approximate surface area is 169 Å². The molecule has 2 aromatic carbocycles. The molecule has 28 heavy (non-hydrogen) atoms. The third kappa shape index (κ3) is 3.81. The lowest BCUT2D eigenvalue weighted by molar-refractivity contribution is 0.0434. The van der Waals surface area contributed by atoms with Crippen LogP contribution in [0.4, 0.5) is 0 Å². The van der Waals surface area contributed by atoms with Crippen LogP contribution in [0.2, 0.25) is 5.02 Å². The van der Waals surface area contributed by atoms with Crippen LogP contribution in [0.5, 0.6) is 0 Å². The highest BCUT2D eigenvalue weighted by atomic mass is 35.5. The molecule has 4 rings (SSSR count). The van der Waals surface area contributed by atoms with Crippen molar-refractivity contribution >= 4 is 28.9 Å². The van der Waals surface area contributed by atoms with E-state index in [1.165, 1.54) is 11.3 Å². The molecule has 140 valence electrons. The molecule has 0 saturated heterocycles. The van der Waals surface area contributed by atoms with Crippen molar-refractivity contribution < 1.29 is 14.1 Å². The molecular weight excluding hydrogens is 398 g/mol. The number of rotatable bonds is 5. The van der Waals surface area contributed by atoms with Crippen LogP contribution in [0.15, 0.2) is 59.1 Å². The van der Waals surface area contributed by atoms with Crippen molar-refractivity contribution in [3.8, 4) is 22.0 Å². The van der Waals surface area contributed by atoms with Gasteiger partial charge in [-0.05, 0) is 19.1 Å². The van der Waals surface area contributed by atoms with Crippen LogP contribution < -0.4 is 0 Å².